The van der Waals surface area contributed by atoms with Crippen molar-refractivity contribution in [2.24, 2.45) is 0 Å². The molecule has 4 heteroatoms. The van der Waals surface area contributed by atoms with Gasteiger partial charge in [0.2, 0.25) is 0 Å². The van der Waals surface area contributed by atoms with Crippen LogP contribution in [-0.2, 0) is 14.3 Å². The van der Waals surface area contributed by atoms with Crippen molar-refractivity contribution in [3.8, 4) is 5.75 Å². The highest BCUT2D eigenvalue weighted by molar-refractivity contribution is 5.70. The minimum Gasteiger partial charge on any atom is -0.508 e. The van der Waals surface area contributed by atoms with Gasteiger partial charge in [0, 0.05) is 7.11 Å². The lowest BCUT2D eigenvalue weighted by molar-refractivity contribution is -0.146. The van der Waals surface area contributed by atoms with Crippen LogP contribution >= 0.6 is 0 Å². The van der Waals surface area contributed by atoms with Gasteiger partial charge in [0.05, 0.1) is 19.1 Å². The Morgan fingerprint density at radius 1 is 1.50 bits per heavy atom. The van der Waals surface area contributed by atoms with E-state index in [4.69, 9.17) is 9.47 Å². The minimum absolute atomic E-state index is 0.147. The second-order valence-corrected chi connectivity index (χ2v) is 3.33. The Morgan fingerprint density at radius 3 is 2.81 bits per heavy atom. The average Bonchev–Trinajstić information content (AvgIpc) is 2.26. The monoisotopic (exact) mass is 224 g/mol. The van der Waals surface area contributed by atoms with Gasteiger partial charge in [-0.1, -0.05) is 12.1 Å². The first-order chi connectivity index (χ1) is 7.67. The molecule has 88 valence electrons. The van der Waals surface area contributed by atoms with Crippen LogP contribution in [0.3, 0.4) is 0 Å². The van der Waals surface area contributed by atoms with E-state index in [-0.39, 0.29) is 24.2 Å². The molecule has 0 unspecified atom stereocenters. The number of phenolic OH excluding ortho intramolecular Hbond substituents is 1. The molecule has 0 aliphatic heterocycles. The maximum absolute atomic E-state index is 11.3. The average molecular weight is 224 g/mol. The van der Waals surface area contributed by atoms with Gasteiger partial charge >= 0.3 is 5.97 Å². The molecule has 0 bridgehead atoms. The Balaban J connectivity index is 2.70. The molecule has 0 spiro atoms. The van der Waals surface area contributed by atoms with E-state index < -0.39 is 0 Å². The fourth-order valence-corrected chi connectivity index (χ4v) is 1.43. The molecule has 1 aromatic rings. The highest BCUT2D eigenvalue weighted by Gasteiger charge is 2.16. The smallest absolute Gasteiger partial charge is 0.308 e. The van der Waals surface area contributed by atoms with Crippen molar-refractivity contribution in [3.05, 3.63) is 29.8 Å². The summed E-state index contributed by atoms with van der Waals surface area (Å²) in [5.41, 5.74) is 0.760. The lowest BCUT2D eigenvalue weighted by atomic mass is 10.1. The van der Waals surface area contributed by atoms with Crippen molar-refractivity contribution >= 4 is 5.97 Å². The highest BCUT2D eigenvalue weighted by Crippen LogP contribution is 2.23. The van der Waals surface area contributed by atoms with Crippen molar-refractivity contribution in [1.29, 1.82) is 0 Å². The molecule has 0 saturated carbocycles. The largest absolute Gasteiger partial charge is 0.508 e. The van der Waals surface area contributed by atoms with Gasteiger partial charge in [0.1, 0.15) is 5.75 Å². The van der Waals surface area contributed by atoms with Crippen molar-refractivity contribution in [2.45, 2.75) is 19.4 Å². The number of carbonyl (C=O) groups is 1. The summed E-state index contributed by atoms with van der Waals surface area (Å²) in [5.74, 6) is -0.152. The van der Waals surface area contributed by atoms with Crippen LogP contribution in [0.2, 0.25) is 0 Å². The SMILES string of the molecule is CCOC(=O)C[C@H](OC)c1cccc(O)c1. The van der Waals surface area contributed by atoms with Gasteiger partial charge in [0.15, 0.2) is 0 Å². The van der Waals surface area contributed by atoms with Crippen LogP contribution in [-0.4, -0.2) is 24.8 Å². The predicted octanol–water partition coefficient (Wildman–Crippen LogP) is 2.03. The summed E-state index contributed by atoms with van der Waals surface area (Å²) in [6.45, 7) is 2.11. The summed E-state index contributed by atoms with van der Waals surface area (Å²) >= 11 is 0. The van der Waals surface area contributed by atoms with E-state index in [9.17, 15) is 9.90 Å². The van der Waals surface area contributed by atoms with Gasteiger partial charge in [-0.15, -0.1) is 0 Å². The zero-order chi connectivity index (χ0) is 12.0. The van der Waals surface area contributed by atoms with E-state index in [0.29, 0.717) is 6.61 Å². The van der Waals surface area contributed by atoms with Crippen LogP contribution in [0, 0.1) is 0 Å². The maximum Gasteiger partial charge on any atom is 0.308 e. The van der Waals surface area contributed by atoms with E-state index in [1.165, 1.54) is 7.11 Å². The molecule has 4 nitrogen and oxygen atoms in total. The number of hydrogen-bond acceptors (Lipinski definition) is 4. The molecule has 16 heavy (non-hydrogen) atoms. The molecule has 1 aromatic carbocycles. The molecule has 0 radical (unpaired) electrons. The standard InChI is InChI=1S/C12H16O4/c1-3-16-12(14)8-11(15-2)9-5-4-6-10(13)7-9/h4-7,11,13H,3,8H2,1-2H3/t11-/m0/s1. The number of aromatic hydroxyl groups is 1. The molecule has 0 aliphatic carbocycles. The predicted molar refractivity (Wildman–Crippen MR) is 59.1 cm³/mol. The quantitative estimate of drug-likeness (QED) is 0.777. The second kappa shape index (κ2) is 6.12. The zero-order valence-electron chi connectivity index (χ0n) is 9.47. The molecular weight excluding hydrogens is 208 g/mol. The third-order valence-electron chi connectivity index (χ3n) is 2.18. The first kappa shape index (κ1) is 12.5. The van der Waals surface area contributed by atoms with Gasteiger partial charge < -0.3 is 14.6 Å². The molecule has 0 saturated heterocycles. The molecule has 0 fully saturated rings. The van der Waals surface area contributed by atoms with Crippen molar-refractivity contribution in [3.63, 3.8) is 0 Å². The Labute approximate surface area is 94.8 Å². The van der Waals surface area contributed by atoms with E-state index in [1.807, 2.05) is 0 Å². The van der Waals surface area contributed by atoms with Crippen LogP contribution < -0.4 is 0 Å². The Morgan fingerprint density at radius 2 is 2.25 bits per heavy atom. The first-order valence-electron chi connectivity index (χ1n) is 5.14. The Bertz CT molecular complexity index is 349. The molecular formula is C12H16O4. The number of ether oxygens (including phenoxy) is 2. The molecule has 0 aromatic heterocycles. The van der Waals surface area contributed by atoms with E-state index in [2.05, 4.69) is 0 Å². The lowest BCUT2D eigenvalue weighted by Gasteiger charge is -2.14. The molecule has 1 N–H and O–H groups in total. The van der Waals surface area contributed by atoms with Crippen molar-refractivity contribution in [2.75, 3.05) is 13.7 Å². The fraction of sp³-hybridized carbons (Fsp3) is 0.417. The second-order valence-electron chi connectivity index (χ2n) is 3.33. The van der Waals surface area contributed by atoms with Gasteiger partial charge in [-0.2, -0.15) is 0 Å². The van der Waals surface area contributed by atoms with Crippen LogP contribution in [0.5, 0.6) is 5.75 Å². The van der Waals surface area contributed by atoms with Gasteiger partial charge in [-0.3, -0.25) is 4.79 Å². The van der Waals surface area contributed by atoms with Gasteiger partial charge in [-0.05, 0) is 24.6 Å². The number of phenols is 1. The van der Waals surface area contributed by atoms with E-state index >= 15 is 0 Å². The van der Waals surface area contributed by atoms with E-state index in [0.717, 1.165) is 5.56 Å². The van der Waals surface area contributed by atoms with Crippen LogP contribution in [0.25, 0.3) is 0 Å². The van der Waals surface area contributed by atoms with Crippen molar-refractivity contribution in [1.82, 2.24) is 0 Å². The maximum atomic E-state index is 11.3. The van der Waals surface area contributed by atoms with Gasteiger partial charge in [0.25, 0.3) is 0 Å². The summed E-state index contributed by atoms with van der Waals surface area (Å²) in [7, 11) is 1.52. The first-order valence-corrected chi connectivity index (χ1v) is 5.14. The molecule has 1 atom stereocenters. The van der Waals surface area contributed by atoms with Crippen LogP contribution in [0.1, 0.15) is 25.0 Å². The van der Waals surface area contributed by atoms with E-state index in [1.54, 1.807) is 31.2 Å². The lowest BCUT2D eigenvalue weighted by Crippen LogP contribution is -2.11. The Kier molecular flexibility index (Phi) is 4.79. The Hall–Kier alpha value is -1.55. The molecule has 0 aliphatic rings. The summed E-state index contributed by atoms with van der Waals surface area (Å²) in [6.07, 6.45) is -0.237. The van der Waals surface area contributed by atoms with Crippen LogP contribution in [0.15, 0.2) is 24.3 Å². The minimum atomic E-state index is -0.383. The summed E-state index contributed by atoms with van der Waals surface area (Å²) in [4.78, 5) is 11.3. The summed E-state index contributed by atoms with van der Waals surface area (Å²) < 4.78 is 10.0. The highest BCUT2D eigenvalue weighted by atomic mass is 16.5. The number of carbonyl (C=O) groups excluding carboxylic acids is 1. The topological polar surface area (TPSA) is 55.8 Å². The number of benzene rings is 1. The van der Waals surface area contributed by atoms with Crippen LogP contribution in [0.4, 0.5) is 0 Å². The third-order valence-corrected chi connectivity index (χ3v) is 2.18. The normalized spacial score (nSPS) is 12.1. The summed E-state index contributed by atoms with van der Waals surface area (Å²) in [5, 5.41) is 9.32. The number of hydrogen-bond donors (Lipinski definition) is 1. The summed E-state index contributed by atoms with van der Waals surface area (Å²) in [6, 6.07) is 6.66. The zero-order valence-corrected chi connectivity index (χ0v) is 9.47. The fourth-order valence-electron chi connectivity index (χ4n) is 1.43. The van der Waals surface area contributed by atoms with Gasteiger partial charge in [-0.25, -0.2) is 0 Å². The number of rotatable bonds is 5. The third kappa shape index (κ3) is 3.55. The molecule has 0 amide bonds. The number of esters is 1. The number of methoxy groups -OCH3 is 1. The van der Waals surface area contributed by atoms with Crippen molar-refractivity contribution < 1.29 is 19.4 Å². The molecule has 1 rings (SSSR count). The molecule has 0 heterocycles.